The highest BCUT2D eigenvalue weighted by atomic mass is 32.2. The Labute approximate surface area is 354 Å². The molecule has 0 amide bonds. The van der Waals surface area contributed by atoms with Gasteiger partial charge in [-0.25, -0.2) is 19.2 Å². The summed E-state index contributed by atoms with van der Waals surface area (Å²) in [5.41, 5.74) is -0.236. The Hall–Kier alpha value is -3.38. The van der Waals surface area contributed by atoms with E-state index in [0.29, 0.717) is 0 Å². The Morgan fingerprint density at radius 3 is 1.49 bits per heavy atom. The Morgan fingerprint density at radius 2 is 1.03 bits per heavy atom. The predicted octanol–water partition coefficient (Wildman–Crippen LogP) is -3.20. The molecule has 0 aromatic carbocycles. The van der Waals surface area contributed by atoms with Crippen molar-refractivity contribution in [1.82, 2.24) is 0 Å². The van der Waals surface area contributed by atoms with Crippen LogP contribution in [0.1, 0.15) is 0 Å². The number of carbonyl (C=O) groups is 4. The zero-order valence-electron chi connectivity index (χ0n) is 32.1. The minimum Gasteiger partial charge on any atom is -0.478 e. The van der Waals surface area contributed by atoms with E-state index in [4.69, 9.17) is 42.6 Å². The van der Waals surface area contributed by atoms with Crippen molar-refractivity contribution in [2.24, 2.45) is 23.7 Å². The third kappa shape index (κ3) is 9.75. The van der Waals surface area contributed by atoms with Crippen LogP contribution in [-0.2, 0) is 52.2 Å². The lowest BCUT2D eigenvalue weighted by Crippen LogP contribution is -2.60. The molecule has 18 unspecified atom stereocenters. The number of thioether (sulfide) groups is 2. The van der Waals surface area contributed by atoms with Crippen molar-refractivity contribution < 1.29 is 113 Å². The lowest BCUT2D eigenvalue weighted by Gasteiger charge is -2.43. The molecule has 0 aromatic rings. The van der Waals surface area contributed by atoms with Gasteiger partial charge in [-0.15, -0.1) is 0 Å². The van der Waals surface area contributed by atoms with Crippen LogP contribution in [0, 0.1) is 23.7 Å². The van der Waals surface area contributed by atoms with E-state index in [1.165, 1.54) is 24.7 Å². The molecule has 2 fully saturated rings. The molecule has 2 aliphatic carbocycles. The summed E-state index contributed by atoms with van der Waals surface area (Å²) in [7, 11) is 0. The molecule has 0 saturated carbocycles. The highest BCUT2D eigenvalue weighted by Crippen LogP contribution is 2.46. The molecule has 2 saturated heterocycles. The molecule has 4 aliphatic heterocycles. The molecule has 6 rings (SSSR count). The number of fused-ring (bicyclic) bond motifs is 2. The maximum atomic E-state index is 13.7. The molecular formula is C36H46O23S2. The highest BCUT2D eigenvalue weighted by molar-refractivity contribution is 8.12. The zero-order chi connectivity index (χ0) is 44.4. The molecule has 0 aromatic heterocycles. The second kappa shape index (κ2) is 20.0. The second-order valence-corrected chi connectivity index (χ2v) is 16.1. The van der Waals surface area contributed by atoms with Crippen LogP contribution >= 0.6 is 23.5 Å². The van der Waals surface area contributed by atoms with Crippen molar-refractivity contribution in [3.63, 3.8) is 0 Å². The molecule has 4 heterocycles. The number of esters is 1. The third-order valence-corrected chi connectivity index (χ3v) is 12.0. The topological polar surface area (TPSA) is 354 Å². The van der Waals surface area contributed by atoms with Crippen molar-refractivity contribution in [2.45, 2.75) is 86.2 Å². The van der Waals surface area contributed by atoms with Crippen molar-refractivity contribution >= 4 is 46.1 Å². The van der Waals surface area contributed by atoms with Crippen LogP contribution < -0.4 is 0 Å². The molecule has 0 radical (unpaired) electrons. The summed E-state index contributed by atoms with van der Waals surface area (Å²) in [4.78, 5) is 49.6. The summed E-state index contributed by atoms with van der Waals surface area (Å²) in [6.07, 6.45) is -16.4. The van der Waals surface area contributed by atoms with E-state index in [1.54, 1.807) is 0 Å². The van der Waals surface area contributed by atoms with E-state index in [-0.39, 0.29) is 22.3 Å². The van der Waals surface area contributed by atoms with Gasteiger partial charge in [-0.05, 0) is 47.2 Å². The van der Waals surface area contributed by atoms with Gasteiger partial charge in [-0.2, -0.15) is 0 Å². The number of aliphatic hydroxyl groups is 9. The molecule has 0 spiro atoms. The van der Waals surface area contributed by atoms with E-state index in [2.05, 4.69) is 0 Å². The fourth-order valence-electron chi connectivity index (χ4n) is 7.96. The first-order chi connectivity index (χ1) is 29.0. The number of carboxylic acid groups (broad SMARTS) is 1. The number of carbonyl (C=O) groups excluding carboxylic acids is 3. The Balaban J connectivity index is 1.17. The molecule has 25 heteroatoms. The van der Waals surface area contributed by atoms with Crippen molar-refractivity contribution in [1.29, 1.82) is 0 Å². The fraction of sp³-hybridized carbons (Fsp3) is 0.667. The number of rotatable bonds is 13. The van der Waals surface area contributed by atoms with Gasteiger partial charge in [0.15, 0.2) is 12.6 Å². The average molecular weight is 911 g/mol. The lowest BCUT2D eigenvalue weighted by atomic mass is 9.82. The smallest absolute Gasteiger partial charge is 0.367 e. The van der Waals surface area contributed by atoms with Crippen LogP contribution in [0.25, 0.3) is 0 Å². The van der Waals surface area contributed by atoms with E-state index in [1.807, 2.05) is 0 Å². The molecule has 61 heavy (non-hydrogen) atoms. The zero-order valence-corrected chi connectivity index (χ0v) is 33.8. The van der Waals surface area contributed by atoms with Crippen LogP contribution in [0.4, 0.5) is 9.59 Å². The van der Waals surface area contributed by atoms with Gasteiger partial charge in [0.2, 0.25) is 12.6 Å². The molecule has 340 valence electrons. The minimum atomic E-state index is -1.98. The standard InChI is InChI=1S/C36H46O23S2/c1-60-35(49)54-6-11-3-15(38)21-13(29(46)47)8-52-31(19(11)21)59-34-28(45)26(43)24(41)18(57-34)10-51-30(48)14-9-53-32(58-33-27(44)25(42)23(40)17(5-37)56-33)20-12(4-16(39)22(14)20)7-55-36(50)61-2/h3-4,8-9,15-28,31-34,37-45H,5-7,10H2,1-2H3,(H,46,47). The van der Waals surface area contributed by atoms with Crippen LogP contribution in [-0.4, -0.2) is 199 Å². The minimum absolute atomic E-state index is 0.198. The fourth-order valence-corrected chi connectivity index (χ4v) is 8.31. The van der Waals surface area contributed by atoms with Crippen LogP contribution in [0.2, 0.25) is 0 Å². The first-order valence-electron chi connectivity index (χ1n) is 18.6. The monoisotopic (exact) mass is 910 g/mol. The number of ether oxygens (including phenoxy) is 9. The number of carboxylic acids is 1. The second-order valence-electron chi connectivity index (χ2n) is 14.6. The van der Waals surface area contributed by atoms with Gasteiger partial charge in [0.25, 0.3) is 0 Å². The molecule has 23 nitrogen and oxygen atoms in total. The highest BCUT2D eigenvalue weighted by Gasteiger charge is 2.55. The van der Waals surface area contributed by atoms with E-state index in [0.717, 1.165) is 36.0 Å². The molecule has 6 aliphatic rings. The quantitative estimate of drug-likeness (QED) is 0.0494. The Morgan fingerprint density at radius 1 is 0.590 bits per heavy atom. The number of aliphatic carboxylic acids is 1. The van der Waals surface area contributed by atoms with Gasteiger partial charge >= 0.3 is 22.5 Å². The van der Waals surface area contributed by atoms with Crippen molar-refractivity contribution in [3.8, 4) is 0 Å². The molecule has 18 atom stereocenters. The van der Waals surface area contributed by atoms with Gasteiger partial charge < -0.3 is 93.7 Å². The van der Waals surface area contributed by atoms with Crippen LogP contribution in [0.3, 0.4) is 0 Å². The van der Waals surface area contributed by atoms with Gasteiger partial charge in [-0.3, -0.25) is 0 Å². The number of hydrogen-bond donors (Lipinski definition) is 10. The average Bonchev–Trinajstić information content (AvgIpc) is 3.77. The van der Waals surface area contributed by atoms with Crippen LogP contribution in [0.15, 0.2) is 47.0 Å². The van der Waals surface area contributed by atoms with Gasteiger partial charge in [0.05, 0.1) is 54.3 Å². The SMILES string of the molecule is CSC(=O)OCC1=CC(O)C2C(C(=O)O)=COC(OC3OC(COC(=O)C4=COC(OC5OC(CO)C(O)C(O)C5O)C5C(COC(=O)SC)=CC(O)C45)C(O)C(O)C3O)C12. The first kappa shape index (κ1) is 47.1. The van der Waals surface area contributed by atoms with Gasteiger partial charge in [0.1, 0.15) is 68.7 Å². The predicted molar refractivity (Wildman–Crippen MR) is 199 cm³/mol. The maximum absolute atomic E-state index is 13.7. The normalized spacial score (nSPS) is 40.4. The van der Waals surface area contributed by atoms with E-state index >= 15 is 0 Å². The van der Waals surface area contributed by atoms with Crippen molar-refractivity contribution in [3.05, 3.63) is 47.0 Å². The number of hydrogen-bond acceptors (Lipinski definition) is 24. The van der Waals surface area contributed by atoms with Crippen LogP contribution in [0.5, 0.6) is 0 Å². The summed E-state index contributed by atoms with van der Waals surface area (Å²) in [6, 6.07) is 0. The number of aliphatic hydroxyl groups excluding tert-OH is 9. The van der Waals surface area contributed by atoms with E-state index in [9.17, 15) is 70.2 Å². The summed E-state index contributed by atoms with van der Waals surface area (Å²) in [5, 5.41) is 104. The summed E-state index contributed by atoms with van der Waals surface area (Å²) in [6.45, 7) is -2.39. The summed E-state index contributed by atoms with van der Waals surface area (Å²) < 4.78 is 50.0. The Kier molecular flexibility index (Phi) is 15.4. The van der Waals surface area contributed by atoms with Gasteiger partial charge in [-0.1, -0.05) is 12.2 Å². The van der Waals surface area contributed by atoms with E-state index < -0.39 is 159 Å². The summed E-state index contributed by atoms with van der Waals surface area (Å²) in [5.74, 6) is -7.23. The maximum Gasteiger partial charge on any atom is 0.367 e. The lowest BCUT2D eigenvalue weighted by molar-refractivity contribution is -0.341. The van der Waals surface area contributed by atoms with Gasteiger partial charge in [0, 0.05) is 11.8 Å². The largest absolute Gasteiger partial charge is 0.478 e. The molecular weight excluding hydrogens is 865 g/mol. The third-order valence-electron chi connectivity index (χ3n) is 11.1. The summed E-state index contributed by atoms with van der Waals surface area (Å²) >= 11 is 1.52. The molecule has 10 N–H and O–H groups in total. The Bertz CT molecular complexity index is 1770. The van der Waals surface area contributed by atoms with Crippen molar-refractivity contribution in [2.75, 3.05) is 38.9 Å². The molecule has 0 bridgehead atoms. The first-order valence-corrected chi connectivity index (χ1v) is 21.1.